The summed E-state index contributed by atoms with van der Waals surface area (Å²) in [5, 5.41) is 0. The average Bonchev–Trinajstić information content (AvgIpc) is 2.15. The summed E-state index contributed by atoms with van der Waals surface area (Å²) in [7, 11) is 0. The molecule has 0 amide bonds. The highest BCUT2D eigenvalue weighted by atomic mass is 16.7. The van der Waals surface area contributed by atoms with Crippen molar-refractivity contribution in [3.05, 3.63) is 29.8 Å². The van der Waals surface area contributed by atoms with Gasteiger partial charge in [0, 0.05) is 5.56 Å². The largest absolute Gasteiger partial charge is 0.514 e. The van der Waals surface area contributed by atoms with Crippen LogP contribution in [0.2, 0.25) is 0 Å². The second-order valence-corrected chi connectivity index (χ2v) is 4.26. The zero-order valence-electron chi connectivity index (χ0n) is 9.52. The molecular weight excluding hydrogens is 208 g/mol. The number of carbonyl (C=O) groups excluding carboxylic acids is 2. The van der Waals surface area contributed by atoms with Crippen molar-refractivity contribution in [2.45, 2.75) is 26.4 Å². The fourth-order valence-corrected chi connectivity index (χ4v) is 1.02. The maximum atomic E-state index is 11.3. The molecular formula is C12H14O4. The van der Waals surface area contributed by atoms with Gasteiger partial charge in [-0.15, -0.1) is 0 Å². The van der Waals surface area contributed by atoms with Gasteiger partial charge in [-0.05, 0) is 32.9 Å². The molecule has 0 aliphatic rings. The predicted octanol–water partition coefficient (Wildman–Crippen LogP) is 2.81. The molecule has 86 valence electrons. The molecule has 1 rings (SSSR count). The molecule has 0 heterocycles. The van der Waals surface area contributed by atoms with Gasteiger partial charge in [0.1, 0.15) is 17.6 Å². The second-order valence-electron chi connectivity index (χ2n) is 4.26. The van der Waals surface area contributed by atoms with E-state index in [0.717, 1.165) is 0 Å². The number of carbonyl (C=O) groups is 2. The summed E-state index contributed by atoms with van der Waals surface area (Å²) in [6.07, 6.45) is -0.0994. The Morgan fingerprint density at radius 1 is 1.31 bits per heavy atom. The lowest BCUT2D eigenvalue weighted by Gasteiger charge is -2.18. The number of hydrogen-bond donors (Lipinski definition) is 0. The van der Waals surface area contributed by atoms with Crippen LogP contribution in [-0.4, -0.2) is 18.0 Å². The lowest BCUT2D eigenvalue weighted by Crippen LogP contribution is -2.25. The summed E-state index contributed by atoms with van der Waals surface area (Å²) in [4.78, 5) is 21.8. The van der Waals surface area contributed by atoms with E-state index in [1.54, 1.807) is 39.0 Å². The van der Waals surface area contributed by atoms with E-state index in [9.17, 15) is 9.59 Å². The van der Waals surface area contributed by atoms with Crippen LogP contribution in [0.4, 0.5) is 4.79 Å². The Bertz CT molecular complexity index is 390. The number of rotatable bonds is 2. The van der Waals surface area contributed by atoms with Crippen molar-refractivity contribution in [3.63, 3.8) is 0 Å². The monoisotopic (exact) mass is 222 g/mol. The van der Waals surface area contributed by atoms with Gasteiger partial charge < -0.3 is 9.47 Å². The maximum absolute atomic E-state index is 11.3. The van der Waals surface area contributed by atoms with Crippen LogP contribution in [0.25, 0.3) is 0 Å². The zero-order valence-corrected chi connectivity index (χ0v) is 9.52. The van der Waals surface area contributed by atoms with E-state index in [4.69, 9.17) is 9.47 Å². The fourth-order valence-electron chi connectivity index (χ4n) is 1.02. The second kappa shape index (κ2) is 4.79. The number of ether oxygens (including phenoxy) is 2. The fraction of sp³-hybridized carbons (Fsp3) is 0.333. The third kappa shape index (κ3) is 4.13. The van der Waals surface area contributed by atoms with Gasteiger partial charge in [-0.3, -0.25) is 4.79 Å². The first-order chi connectivity index (χ1) is 7.40. The molecule has 0 saturated carbocycles. The van der Waals surface area contributed by atoms with Gasteiger partial charge in [-0.2, -0.15) is 0 Å². The Morgan fingerprint density at radius 2 is 2.00 bits per heavy atom. The van der Waals surface area contributed by atoms with Crippen LogP contribution in [0.5, 0.6) is 5.75 Å². The minimum atomic E-state index is -0.782. The first-order valence-corrected chi connectivity index (χ1v) is 4.87. The molecule has 4 heteroatoms. The summed E-state index contributed by atoms with van der Waals surface area (Å²) >= 11 is 0. The molecule has 0 radical (unpaired) electrons. The summed E-state index contributed by atoms with van der Waals surface area (Å²) in [5.74, 6) is 0.291. The van der Waals surface area contributed by atoms with Crippen LogP contribution in [0.3, 0.4) is 0 Å². The topological polar surface area (TPSA) is 52.6 Å². The van der Waals surface area contributed by atoms with Crippen LogP contribution in [-0.2, 0) is 4.74 Å². The Labute approximate surface area is 94.2 Å². The normalized spacial score (nSPS) is 10.7. The summed E-state index contributed by atoms with van der Waals surface area (Å²) in [6, 6.07) is 6.30. The number of benzene rings is 1. The Kier molecular flexibility index (Phi) is 3.66. The highest BCUT2D eigenvalue weighted by Gasteiger charge is 2.17. The van der Waals surface area contributed by atoms with Crippen LogP contribution < -0.4 is 4.74 Å². The lowest BCUT2D eigenvalue weighted by molar-refractivity contribution is 0.0206. The first-order valence-electron chi connectivity index (χ1n) is 4.87. The molecule has 0 atom stereocenters. The SMILES string of the molecule is CC(C)(C)OC(=O)Oc1cccc(C=O)c1. The molecule has 4 nitrogen and oxygen atoms in total. The van der Waals surface area contributed by atoms with Crippen molar-refractivity contribution in [2.75, 3.05) is 0 Å². The van der Waals surface area contributed by atoms with E-state index in [-0.39, 0.29) is 0 Å². The molecule has 0 bridgehead atoms. The van der Waals surface area contributed by atoms with Gasteiger partial charge in [0.15, 0.2) is 0 Å². The van der Waals surface area contributed by atoms with Crippen molar-refractivity contribution < 1.29 is 19.1 Å². The standard InChI is InChI=1S/C12H14O4/c1-12(2,3)16-11(14)15-10-6-4-5-9(7-10)8-13/h4-8H,1-3H3. The van der Waals surface area contributed by atoms with E-state index in [1.807, 2.05) is 0 Å². The average molecular weight is 222 g/mol. The van der Waals surface area contributed by atoms with Crippen molar-refractivity contribution in [1.82, 2.24) is 0 Å². The van der Waals surface area contributed by atoms with Gasteiger partial charge >= 0.3 is 6.16 Å². The Hall–Kier alpha value is -1.84. The van der Waals surface area contributed by atoms with Crippen LogP contribution in [0.15, 0.2) is 24.3 Å². The highest BCUT2D eigenvalue weighted by molar-refractivity contribution is 5.76. The molecule has 0 unspecified atom stereocenters. The molecule has 0 N–H and O–H groups in total. The number of aldehydes is 1. The molecule has 0 fully saturated rings. The lowest BCUT2D eigenvalue weighted by atomic mass is 10.2. The van der Waals surface area contributed by atoms with E-state index < -0.39 is 11.8 Å². The zero-order chi connectivity index (χ0) is 12.2. The maximum Gasteiger partial charge on any atom is 0.514 e. The van der Waals surface area contributed by atoms with Crippen LogP contribution >= 0.6 is 0 Å². The summed E-state index contributed by atoms with van der Waals surface area (Å²) < 4.78 is 9.88. The van der Waals surface area contributed by atoms with Crippen LogP contribution in [0.1, 0.15) is 31.1 Å². The molecule has 0 aliphatic carbocycles. The van der Waals surface area contributed by atoms with Crippen molar-refractivity contribution in [2.24, 2.45) is 0 Å². The Morgan fingerprint density at radius 3 is 2.56 bits per heavy atom. The molecule has 0 aromatic heterocycles. The molecule has 1 aromatic carbocycles. The van der Waals surface area contributed by atoms with Gasteiger partial charge in [0.05, 0.1) is 0 Å². The Balaban J connectivity index is 2.66. The van der Waals surface area contributed by atoms with Gasteiger partial charge in [-0.1, -0.05) is 12.1 Å². The summed E-state index contributed by atoms with van der Waals surface area (Å²) in [6.45, 7) is 5.24. The van der Waals surface area contributed by atoms with Gasteiger partial charge in [-0.25, -0.2) is 4.79 Å². The smallest absolute Gasteiger partial charge is 0.428 e. The molecule has 16 heavy (non-hydrogen) atoms. The van der Waals surface area contributed by atoms with Crippen LogP contribution in [0, 0.1) is 0 Å². The highest BCUT2D eigenvalue weighted by Crippen LogP contribution is 2.15. The van der Waals surface area contributed by atoms with Gasteiger partial charge in [0.25, 0.3) is 0 Å². The molecule has 1 aromatic rings. The molecule has 0 saturated heterocycles. The third-order valence-corrected chi connectivity index (χ3v) is 1.58. The van der Waals surface area contributed by atoms with Gasteiger partial charge in [0.2, 0.25) is 0 Å². The van der Waals surface area contributed by atoms with E-state index in [2.05, 4.69) is 0 Å². The first kappa shape index (κ1) is 12.2. The van der Waals surface area contributed by atoms with Crippen molar-refractivity contribution >= 4 is 12.4 Å². The minimum absolute atomic E-state index is 0.291. The quantitative estimate of drug-likeness (QED) is 0.438. The summed E-state index contributed by atoms with van der Waals surface area (Å²) in [5.41, 5.74) is -0.152. The number of hydrogen-bond acceptors (Lipinski definition) is 4. The third-order valence-electron chi connectivity index (χ3n) is 1.58. The van der Waals surface area contributed by atoms with Crippen molar-refractivity contribution in [3.8, 4) is 5.75 Å². The predicted molar refractivity (Wildman–Crippen MR) is 58.7 cm³/mol. The van der Waals surface area contributed by atoms with Crippen molar-refractivity contribution in [1.29, 1.82) is 0 Å². The van der Waals surface area contributed by atoms with E-state index >= 15 is 0 Å². The van der Waals surface area contributed by atoms with E-state index in [0.29, 0.717) is 17.6 Å². The minimum Gasteiger partial charge on any atom is -0.428 e. The van der Waals surface area contributed by atoms with E-state index in [1.165, 1.54) is 6.07 Å². The molecule has 0 aliphatic heterocycles. The molecule has 0 spiro atoms.